The number of nitrogens with zero attached hydrogens (tertiary/aromatic N) is 2. The highest BCUT2D eigenvalue weighted by Crippen LogP contribution is 2.46. The Kier molecular flexibility index (Phi) is 3.29. The first kappa shape index (κ1) is 12.5. The average Bonchev–Trinajstić information content (AvgIpc) is 2.51. The Morgan fingerprint density at radius 3 is 2.15 bits per heavy atom. The van der Waals surface area contributed by atoms with Crippen molar-refractivity contribution >= 4 is 17.2 Å². The third-order valence-electron chi connectivity index (χ3n) is 3.41. The number of hydrogen-bond acceptors (Lipinski definition) is 3. The third kappa shape index (κ3) is 2.20. The molecule has 2 N–H and O–H groups in total. The van der Waals surface area contributed by atoms with Crippen molar-refractivity contribution in [1.29, 1.82) is 0 Å². The molecule has 2 aromatic rings. The van der Waals surface area contributed by atoms with E-state index >= 15 is 0 Å². The number of ether oxygens (including phenoxy) is 1. The lowest BCUT2D eigenvalue weighted by molar-refractivity contribution is 0.473. The van der Waals surface area contributed by atoms with Crippen LogP contribution in [0.25, 0.3) is 0 Å². The maximum absolute atomic E-state index is 5.94. The topological polar surface area (TPSA) is 50.8 Å². The van der Waals surface area contributed by atoms with Gasteiger partial charge in [-0.2, -0.15) is 0 Å². The lowest BCUT2D eigenvalue weighted by atomic mass is 10.1. The summed E-state index contributed by atoms with van der Waals surface area (Å²) in [5, 5.41) is 0. The summed E-state index contributed by atoms with van der Waals surface area (Å²) < 4.78 is 5.94. The number of anilines is 2. The zero-order valence-corrected chi connectivity index (χ0v) is 11.4. The highest BCUT2D eigenvalue weighted by Gasteiger charge is 2.23. The van der Waals surface area contributed by atoms with E-state index in [-0.39, 0.29) is 0 Å². The van der Waals surface area contributed by atoms with Crippen LogP contribution < -0.4 is 15.4 Å². The van der Waals surface area contributed by atoms with Crippen LogP contribution in [0, 0.1) is 0 Å². The van der Waals surface area contributed by atoms with Gasteiger partial charge in [0.2, 0.25) is 0 Å². The lowest BCUT2D eigenvalue weighted by Gasteiger charge is -2.32. The van der Waals surface area contributed by atoms with E-state index < -0.39 is 0 Å². The summed E-state index contributed by atoms with van der Waals surface area (Å²) in [4.78, 5) is 6.25. The minimum absolute atomic E-state index is 0.659. The Morgan fingerprint density at radius 1 is 1.05 bits per heavy atom. The van der Waals surface area contributed by atoms with Crippen molar-refractivity contribution in [1.82, 2.24) is 0 Å². The van der Waals surface area contributed by atoms with Gasteiger partial charge in [-0.15, -0.1) is 0 Å². The molecule has 0 radical (unpaired) electrons. The van der Waals surface area contributed by atoms with Gasteiger partial charge < -0.3 is 15.4 Å². The highest BCUT2D eigenvalue weighted by molar-refractivity contribution is 5.83. The minimum Gasteiger partial charge on any atom is -0.453 e. The van der Waals surface area contributed by atoms with Crippen LogP contribution in [0.4, 0.5) is 11.4 Å². The molecule has 0 amide bonds. The molecule has 0 fully saturated rings. The predicted molar refractivity (Wildman–Crippen MR) is 82.1 cm³/mol. The zero-order valence-electron chi connectivity index (χ0n) is 11.4. The summed E-state index contributed by atoms with van der Waals surface area (Å²) in [6.07, 6.45) is 0.721. The molecule has 0 aliphatic carbocycles. The van der Waals surface area contributed by atoms with E-state index in [0.29, 0.717) is 5.84 Å². The van der Waals surface area contributed by atoms with E-state index in [1.807, 2.05) is 36.4 Å². The SMILES string of the molecule is CN=C(N)CCN1c2ccccc2Oc2ccccc21. The summed E-state index contributed by atoms with van der Waals surface area (Å²) in [6.45, 7) is 0.778. The van der Waals surface area contributed by atoms with Crippen molar-refractivity contribution in [3.8, 4) is 11.5 Å². The van der Waals surface area contributed by atoms with Crippen LogP contribution >= 0.6 is 0 Å². The summed E-state index contributed by atoms with van der Waals surface area (Å²) in [5.74, 6) is 2.41. The fourth-order valence-corrected chi connectivity index (χ4v) is 2.36. The molecule has 0 unspecified atom stereocenters. The van der Waals surface area contributed by atoms with Crippen molar-refractivity contribution in [2.24, 2.45) is 10.7 Å². The Bertz CT molecular complexity index is 606. The number of fused-ring (bicyclic) bond motifs is 2. The number of para-hydroxylation sites is 4. The Labute approximate surface area is 118 Å². The first-order valence-electron chi connectivity index (χ1n) is 6.64. The maximum Gasteiger partial charge on any atom is 0.151 e. The standard InChI is InChI=1S/C16H17N3O/c1-18-16(17)10-11-19-12-6-2-4-8-14(12)20-15-9-5-3-7-13(15)19/h2-9H,10-11H2,1H3,(H2,17,18). The second-order valence-electron chi connectivity index (χ2n) is 4.65. The van der Waals surface area contributed by atoms with Gasteiger partial charge >= 0.3 is 0 Å². The molecule has 0 saturated heterocycles. The maximum atomic E-state index is 5.94. The molecule has 20 heavy (non-hydrogen) atoms. The molecule has 4 nitrogen and oxygen atoms in total. The summed E-state index contributed by atoms with van der Waals surface area (Å²) >= 11 is 0. The van der Waals surface area contributed by atoms with E-state index in [2.05, 4.69) is 22.0 Å². The second-order valence-corrected chi connectivity index (χ2v) is 4.65. The number of amidine groups is 1. The minimum atomic E-state index is 0.659. The molecule has 4 heteroatoms. The molecule has 0 aromatic heterocycles. The number of hydrogen-bond donors (Lipinski definition) is 1. The molecule has 0 spiro atoms. The van der Waals surface area contributed by atoms with Crippen molar-refractivity contribution in [3.05, 3.63) is 48.5 Å². The Morgan fingerprint density at radius 2 is 1.60 bits per heavy atom. The van der Waals surface area contributed by atoms with Gasteiger partial charge in [-0.1, -0.05) is 24.3 Å². The largest absolute Gasteiger partial charge is 0.453 e. The van der Waals surface area contributed by atoms with Crippen LogP contribution in [-0.4, -0.2) is 19.4 Å². The number of benzene rings is 2. The highest BCUT2D eigenvalue weighted by atomic mass is 16.5. The monoisotopic (exact) mass is 267 g/mol. The van der Waals surface area contributed by atoms with Gasteiger partial charge in [-0.05, 0) is 24.3 Å². The van der Waals surface area contributed by atoms with Crippen LogP contribution in [-0.2, 0) is 0 Å². The van der Waals surface area contributed by atoms with Gasteiger partial charge in [0.05, 0.1) is 17.2 Å². The van der Waals surface area contributed by atoms with Crippen LogP contribution in [0.5, 0.6) is 11.5 Å². The van der Waals surface area contributed by atoms with Crippen molar-refractivity contribution < 1.29 is 4.74 Å². The third-order valence-corrected chi connectivity index (χ3v) is 3.41. The van der Waals surface area contributed by atoms with Gasteiger partial charge in [-0.3, -0.25) is 4.99 Å². The molecule has 3 rings (SSSR count). The number of aliphatic imine (C=N–C) groups is 1. The normalized spacial score (nSPS) is 13.4. The molecule has 2 aromatic carbocycles. The molecule has 0 saturated carbocycles. The summed E-state index contributed by atoms with van der Waals surface area (Å²) in [7, 11) is 1.72. The molecular weight excluding hydrogens is 250 g/mol. The van der Waals surface area contributed by atoms with Gasteiger partial charge in [0, 0.05) is 20.0 Å². The fourth-order valence-electron chi connectivity index (χ4n) is 2.36. The fraction of sp³-hybridized carbons (Fsp3) is 0.188. The van der Waals surface area contributed by atoms with Crippen LogP contribution in [0.2, 0.25) is 0 Å². The van der Waals surface area contributed by atoms with Crippen molar-refractivity contribution in [3.63, 3.8) is 0 Å². The number of rotatable bonds is 3. The molecule has 1 aliphatic heterocycles. The van der Waals surface area contributed by atoms with Crippen LogP contribution in [0.1, 0.15) is 6.42 Å². The van der Waals surface area contributed by atoms with E-state index in [4.69, 9.17) is 10.5 Å². The smallest absolute Gasteiger partial charge is 0.151 e. The van der Waals surface area contributed by atoms with Gasteiger partial charge in [-0.25, -0.2) is 0 Å². The molecule has 1 heterocycles. The first-order chi connectivity index (χ1) is 9.79. The molecule has 102 valence electrons. The summed E-state index contributed by atoms with van der Waals surface area (Å²) in [6, 6.07) is 16.1. The lowest BCUT2D eigenvalue weighted by Crippen LogP contribution is -2.26. The zero-order chi connectivity index (χ0) is 13.9. The van der Waals surface area contributed by atoms with Gasteiger partial charge in [0.15, 0.2) is 11.5 Å². The van der Waals surface area contributed by atoms with Crippen LogP contribution in [0.15, 0.2) is 53.5 Å². The quantitative estimate of drug-likeness (QED) is 0.685. The molecule has 1 aliphatic rings. The van der Waals surface area contributed by atoms with E-state index in [9.17, 15) is 0 Å². The van der Waals surface area contributed by atoms with Gasteiger partial charge in [0.1, 0.15) is 0 Å². The van der Waals surface area contributed by atoms with Crippen molar-refractivity contribution in [2.75, 3.05) is 18.5 Å². The second kappa shape index (κ2) is 5.25. The van der Waals surface area contributed by atoms with E-state index in [1.165, 1.54) is 0 Å². The average molecular weight is 267 g/mol. The molecular formula is C16H17N3O. The number of nitrogens with two attached hydrogens (primary N) is 1. The van der Waals surface area contributed by atoms with Crippen molar-refractivity contribution in [2.45, 2.75) is 6.42 Å². The summed E-state index contributed by atoms with van der Waals surface area (Å²) in [5.41, 5.74) is 7.95. The Balaban J connectivity index is 1.99. The van der Waals surface area contributed by atoms with E-state index in [1.54, 1.807) is 7.05 Å². The molecule has 0 atom stereocenters. The predicted octanol–water partition coefficient (Wildman–Crippen LogP) is 3.31. The Hall–Kier alpha value is -2.49. The molecule has 0 bridgehead atoms. The first-order valence-corrected chi connectivity index (χ1v) is 6.64. The van der Waals surface area contributed by atoms with E-state index in [0.717, 1.165) is 35.8 Å². The van der Waals surface area contributed by atoms with Gasteiger partial charge in [0.25, 0.3) is 0 Å². The van der Waals surface area contributed by atoms with Crippen LogP contribution in [0.3, 0.4) is 0 Å².